The lowest BCUT2D eigenvalue weighted by Crippen LogP contribution is -2.29. The number of aliphatic carboxylic acids is 1. The van der Waals surface area contributed by atoms with E-state index in [-0.39, 0.29) is 28.7 Å². The molecule has 0 unspecified atom stereocenters. The molecular formula is C33H33FN3O7S-. The highest BCUT2D eigenvalue weighted by Crippen LogP contribution is 2.43. The number of aliphatic hydroxyl groups is 2. The summed E-state index contributed by atoms with van der Waals surface area (Å²) in [4.78, 5) is 24.9. The van der Waals surface area contributed by atoms with Crippen molar-refractivity contribution in [2.45, 2.75) is 49.8 Å². The molecule has 0 aliphatic carbocycles. The SMILES string of the molecule is CC(C)n1c(/C=C/[C@@H](O)C[C@@H](O)CC(=O)[O-])c(-c2ccc(F)cc2)c(-c2ccccc2)c1C(=O)Nc1cccc(S(N)(=O)=O)c1. The number of nitrogens with zero attached hydrogens (tertiary/aromatic N) is 1. The summed E-state index contributed by atoms with van der Waals surface area (Å²) in [6.45, 7) is 3.69. The van der Waals surface area contributed by atoms with Gasteiger partial charge in [0.25, 0.3) is 5.91 Å². The highest BCUT2D eigenvalue weighted by atomic mass is 32.2. The monoisotopic (exact) mass is 634 g/mol. The number of halogens is 1. The number of amides is 1. The molecule has 0 fully saturated rings. The van der Waals surface area contributed by atoms with Gasteiger partial charge in [0.1, 0.15) is 11.5 Å². The molecule has 0 saturated heterocycles. The molecule has 1 heterocycles. The molecule has 10 nitrogen and oxygen atoms in total. The molecule has 1 aromatic heterocycles. The average Bonchev–Trinajstić information content (AvgIpc) is 3.32. The van der Waals surface area contributed by atoms with Crippen molar-refractivity contribution in [1.82, 2.24) is 4.57 Å². The van der Waals surface area contributed by atoms with Gasteiger partial charge in [0, 0.05) is 47.4 Å². The number of benzene rings is 3. The largest absolute Gasteiger partial charge is 0.550 e. The van der Waals surface area contributed by atoms with Crippen LogP contribution in [0.2, 0.25) is 0 Å². The Kier molecular flexibility index (Phi) is 10.3. The van der Waals surface area contributed by atoms with Crippen molar-refractivity contribution in [2.75, 3.05) is 5.32 Å². The number of carbonyl (C=O) groups is 2. The number of anilines is 1. The fraction of sp³-hybridized carbons (Fsp3) is 0.212. The molecule has 4 rings (SSSR count). The number of primary sulfonamides is 1. The molecule has 0 spiro atoms. The Morgan fingerprint density at radius 3 is 2.22 bits per heavy atom. The molecule has 2 atom stereocenters. The van der Waals surface area contributed by atoms with E-state index in [0.717, 1.165) is 0 Å². The van der Waals surface area contributed by atoms with Gasteiger partial charge in [-0.2, -0.15) is 0 Å². The summed E-state index contributed by atoms with van der Waals surface area (Å²) in [5.74, 6) is -2.50. The lowest BCUT2D eigenvalue weighted by Gasteiger charge is -2.18. The van der Waals surface area contributed by atoms with E-state index >= 15 is 0 Å². The van der Waals surface area contributed by atoms with Gasteiger partial charge in [-0.1, -0.05) is 54.6 Å². The number of hydrogen-bond acceptors (Lipinski definition) is 7. The molecular weight excluding hydrogens is 601 g/mol. The summed E-state index contributed by atoms with van der Waals surface area (Å²) in [6, 6.07) is 19.9. The summed E-state index contributed by atoms with van der Waals surface area (Å²) in [5, 5.41) is 39.6. The molecule has 0 radical (unpaired) electrons. The maximum absolute atomic E-state index is 14.2. The normalized spacial score (nSPS) is 13.2. The minimum absolute atomic E-state index is 0.180. The van der Waals surface area contributed by atoms with Crippen molar-refractivity contribution < 1.29 is 37.7 Å². The first kappa shape index (κ1) is 33.3. The number of hydrogen-bond donors (Lipinski definition) is 4. The molecule has 45 heavy (non-hydrogen) atoms. The van der Waals surface area contributed by atoms with Crippen molar-refractivity contribution in [3.8, 4) is 22.3 Å². The second-order valence-electron chi connectivity index (χ2n) is 10.7. The minimum atomic E-state index is -4.05. The Bertz CT molecular complexity index is 1820. The van der Waals surface area contributed by atoms with Crippen LogP contribution in [0.1, 0.15) is 48.9 Å². The summed E-state index contributed by atoms with van der Waals surface area (Å²) < 4.78 is 39.7. The quantitative estimate of drug-likeness (QED) is 0.184. The van der Waals surface area contributed by atoms with Crippen molar-refractivity contribution in [1.29, 1.82) is 0 Å². The van der Waals surface area contributed by atoms with Crippen molar-refractivity contribution in [2.24, 2.45) is 5.14 Å². The molecule has 0 aliphatic rings. The van der Waals surface area contributed by atoms with Gasteiger partial charge >= 0.3 is 0 Å². The Balaban J connectivity index is 1.97. The highest BCUT2D eigenvalue weighted by molar-refractivity contribution is 7.89. The van der Waals surface area contributed by atoms with Gasteiger partial charge in [-0.25, -0.2) is 17.9 Å². The Morgan fingerprint density at radius 1 is 0.978 bits per heavy atom. The number of carboxylic acid groups (broad SMARTS) is 1. The third-order valence-electron chi connectivity index (χ3n) is 6.98. The summed E-state index contributed by atoms with van der Waals surface area (Å²) in [5.41, 5.74) is 3.08. The van der Waals surface area contributed by atoms with Crippen molar-refractivity contribution in [3.05, 3.63) is 102 Å². The molecule has 1 amide bonds. The number of carboxylic acids is 1. The van der Waals surface area contributed by atoms with Crippen LogP contribution in [0, 0.1) is 5.82 Å². The van der Waals surface area contributed by atoms with E-state index in [1.165, 1.54) is 42.5 Å². The van der Waals surface area contributed by atoms with Crippen LogP contribution < -0.4 is 15.6 Å². The topological polar surface area (TPSA) is 175 Å². The molecule has 3 aromatic carbocycles. The summed E-state index contributed by atoms with van der Waals surface area (Å²) in [6.07, 6.45) is -0.584. The maximum Gasteiger partial charge on any atom is 0.272 e. The number of nitrogens with one attached hydrogen (secondary N) is 1. The highest BCUT2D eigenvalue weighted by Gasteiger charge is 2.29. The first-order valence-electron chi connectivity index (χ1n) is 14.0. The molecule has 4 aromatic rings. The predicted molar refractivity (Wildman–Crippen MR) is 167 cm³/mol. The summed E-state index contributed by atoms with van der Waals surface area (Å²) >= 11 is 0. The average molecular weight is 635 g/mol. The zero-order valence-electron chi connectivity index (χ0n) is 24.6. The Labute approximate surface area is 260 Å². The van der Waals surface area contributed by atoms with Gasteiger partial charge in [0.15, 0.2) is 0 Å². The van der Waals surface area contributed by atoms with E-state index in [0.29, 0.717) is 27.9 Å². The van der Waals surface area contributed by atoms with E-state index in [4.69, 9.17) is 5.14 Å². The lowest BCUT2D eigenvalue weighted by molar-refractivity contribution is -0.307. The van der Waals surface area contributed by atoms with Crippen molar-refractivity contribution in [3.63, 3.8) is 0 Å². The van der Waals surface area contributed by atoms with E-state index in [2.05, 4.69) is 5.32 Å². The van der Waals surface area contributed by atoms with Gasteiger partial charge in [0.05, 0.1) is 17.1 Å². The van der Waals surface area contributed by atoms with Crippen LogP contribution in [-0.4, -0.2) is 47.3 Å². The van der Waals surface area contributed by atoms with Gasteiger partial charge < -0.3 is 30.0 Å². The Morgan fingerprint density at radius 2 is 1.62 bits per heavy atom. The second kappa shape index (κ2) is 14.0. The molecule has 0 aliphatic heterocycles. The molecule has 12 heteroatoms. The number of aliphatic hydroxyl groups excluding tert-OH is 2. The number of rotatable bonds is 12. The zero-order chi connectivity index (χ0) is 32.9. The van der Waals surface area contributed by atoms with Gasteiger partial charge in [-0.15, -0.1) is 0 Å². The van der Waals surface area contributed by atoms with Crippen LogP contribution >= 0.6 is 0 Å². The van der Waals surface area contributed by atoms with Crippen LogP contribution in [0.5, 0.6) is 0 Å². The van der Waals surface area contributed by atoms with Gasteiger partial charge in [-0.3, -0.25) is 4.79 Å². The minimum Gasteiger partial charge on any atom is -0.550 e. The fourth-order valence-electron chi connectivity index (χ4n) is 5.10. The zero-order valence-corrected chi connectivity index (χ0v) is 25.4. The molecule has 0 saturated carbocycles. The number of aromatic nitrogens is 1. The first-order chi connectivity index (χ1) is 21.3. The van der Waals surface area contributed by atoms with Crippen LogP contribution in [0.4, 0.5) is 10.1 Å². The van der Waals surface area contributed by atoms with E-state index < -0.39 is 46.3 Å². The van der Waals surface area contributed by atoms with Crippen LogP contribution in [-0.2, 0) is 14.8 Å². The van der Waals surface area contributed by atoms with Gasteiger partial charge in [-0.05, 0) is 61.4 Å². The lowest BCUT2D eigenvalue weighted by atomic mass is 9.94. The van der Waals surface area contributed by atoms with E-state index in [1.807, 2.05) is 32.0 Å². The third-order valence-corrected chi connectivity index (χ3v) is 7.89. The maximum atomic E-state index is 14.2. The summed E-state index contributed by atoms with van der Waals surface area (Å²) in [7, 11) is -4.05. The number of sulfonamides is 1. The fourth-order valence-corrected chi connectivity index (χ4v) is 5.66. The van der Waals surface area contributed by atoms with Crippen LogP contribution in [0.3, 0.4) is 0 Å². The van der Waals surface area contributed by atoms with Crippen LogP contribution in [0.15, 0.2) is 89.8 Å². The molecule has 0 bridgehead atoms. The smallest absolute Gasteiger partial charge is 0.272 e. The standard InChI is InChI=1S/C33H34FN3O7S/c1-20(2)37-28(16-15-25(38)18-26(39)19-29(40)41)30(22-11-13-23(34)14-12-22)31(21-7-4-3-5-8-21)32(37)33(42)36-24-9-6-10-27(17-24)45(35,43)44/h3-17,20,25-26,38-39H,18-19H2,1-2H3,(H,36,42)(H,40,41)(H2,35,43,44)/p-1/b16-15+/t25-,26-/m1/s1. The third kappa shape index (κ3) is 8.11. The molecule has 5 N–H and O–H groups in total. The Hall–Kier alpha value is -4.62. The molecule has 236 valence electrons. The first-order valence-corrected chi connectivity index (χ1v) is 15.6. The van der Waals surface area contributed by atoms with Crippen LogP contribution in [0.25, 0.3) is 28.3 Å². The van der Waals surface area contributed by atoms with E-state index in [1.54, 1.807) is 34.9 Å². The predicted octanol–water partition coefficient (Wildman–Crippen LogP) is 3.71. The van der Waals surface area contributed by atoms with Crippen molar-refractivity contribution >= 4 is 33.7 Å². The van der Waals surface area contributed by atoms with Gasteiger partial charge in [0.2, 0.25) is 10.0 Å². The number of nitrogens with two attached hydrogens (primary N) is 1. The number of carbonyl (C=O) groups excluding carboxylic acids is 2. The second-order valence-corrected chi connectivity index (χ2v) is 12.3. The van der Waals surface area contributed by atoms with E-state index in [9.17, 15) is 37.7 Å².